The maximum atomic E-state index is 12.4. The Kier molecular flexibility index (Phi) is 4.39. The standard InChI is InChI=1S/C18H21N5O2/c1-10(2)23-13(5)9-15(22-23)16(24)19-18-21-20-17(25-18)14-8-11(3)6-7-12(14)4/h6-10H,1-5H3,(H,19,21,24). The molecule has 130 valence electrons. The van der Waals surface area contributed by atoms with Crippen LogP contribution in [-0.4, -0.2) is 25.9 Å². The molecule has 0 unspecified atom stereocenters. The van der Waals surface area contributed by atoms with Gasteiger partial charge in [0.2, 0.25) is 5.89 Å². The van der Waals surface area contributed by atoms with E-state index in [0.717, 1.165) is 22.4 Å². The van der Waals surface area contributed by atoms with Crippen LogP contribution in [0.15, 0.2) is 28.7 Å². The van der Waals surface area contributed by atoms with E-state index >= 15 is 0 Å². The third kappa shape index (κ3) is 3.45. The number of hydrogen-bond donors (Lipinski definition) is 1. The van der Waals surface area contributed by atoms with Gasteiger partial charge in [0.15, 0.2) is 5.69 Å². The van der Waals surface area contributed by atoms with Crippen molar-refractivity contribution in [3.05, 3.63) is 46.8 Å². The minimum absolute atomic E-state index is 0.0534. The second kappa shape index (κ2) is 6.51. The van der Waals surface area contributed by atoms with Gasteiger partial charge in [0.25, 0.3) is 5.91 Å². The quantitative estimate of drug-likeness (QED) is 0.783. The number of aromatic nitrogens is 4. The zero-order chi connectivity index (χ0) is 18.1. The lowest BCUT2D eigenvalue weighted by Crippen LogP contribution is -2.14. The van der Waals surface area contributed by atoms with Crippen molar-refractivity contribution in [1.82, 2.24) is 20.0 Å². The van der Waals surface area contributed by atoms with Gasteiger partial charge in [0.05, 0.1) is 0 Å². The monoisotopic (exact) mass is 339 g/mol. The van der Waals surface area contributed by atoms with Gasteiger partial charge in [-0.3, -0.25) is 14.8 Å². The first-order valence-electron chi connectivity index (χ1n) is 8.14. The second-order valence-electron chi connectivity index (χ2n) is 6.39. The molecule has 0 spiro atoms. The Hall–Kier alpha value is -2.96. The summed E-state index contributed by atoms with van der Waals surface area (Å²) in [5, 5.41) is 14.9. The van der Waals surface area contributed by atoms with Crippen LogP contribution in [0.2, 0.25) is 0 Å². The first-order chi connectivity index (χ1) is 11.8. The molecule has 0 aliphatic heterocycles. The van der Waals surface area contributed by atoms with E-state index in [1.165, 1.54) is 0 Å². The van der Waals surface area contributed by atoms with E-state index in [1.54, 1.807) is 10.7 Å². The molecule has 0 saturated heterocycles. The van der Waals surface area contributed by atoms with Crippen LogP contribution in [-0.2, 0) is 0 Å². The highest BCUT2D eigenvalue weighted by Crippen LogP contribution is 2.24. The van der Waals surface area contributed by atoms with Crippen LogP contribution in [0.1, 0.15) is 47.2 Å². The summed E-state index contributed by atoms with van der Waals surface area (Å²) in [5.41, 5.74) is 4.21. The number of anilines is 1. The van der Waals surface area contributed by atoms with E-state index in [1.807, 2.05) is 52.8 Å². The van der Waals surface area contributed by atoms with Gasteiger partial charge in [-0.15, -0.1) is 5.10 Å². The van der Waals surface area contributed by atoms with Gasteiger partial charge in [-0.1, -0.05) is 22.8 Å². The van der Waals surface area contributed by atoms with Gasteiger partial charge in [0, 0.05) is 17.3 Å². The summed E-state index contributed by atoms with van der Waals surface area (Å²) in [7, 11) is 0. The molecule has 0 atom stereocenters. The summed E-state index contributed by atoms with van der Waals surface area (Å²) < 4.78 is 7.39. The molecule has 0 aliphatic rings. The summed E-state index contributed by atoms with van der Waals surface area (Å²) in [5.74, 6) is -0.000875. The van der Waals surface area contributed by atoms with E-state index in [2.05, 4.69) is 20.6 Å². The molecule has 3 rings (SSSR count). The van der Waals surface area contributed by atoms with E-state index < -0.39 is 0 Å². The lowest BCUT2D eigenvalue weighted by molar-refractivity contribution is 0.101. The van der Waals surface area contributed by atoms with Gasteiger partial charge >= 0.3 is 6.01 Å². The number of amides is 1. The van der Waals surface area contributed by atoms with Crippen LogP contribution in [0, 0.1) is 20.8 Å². The SMILES string of the molecule is Cc1ccc(C)c(-c2nnc(NC(=O)c3cc(C)n(C(C)C)n3)o2)c1. The van der Waals surface area contributed by atoms with Crippen LogP contribution < -0.4 is 5.32 Å². The van der Waals surface area contributed by atoms with Gasteiger partial charge in [-0.2, -0.15) is 5.10 Å². The van der Waals surface area contributed by atoms with Gasteiger partial charge in [-0.05, 0) is 52.3 Å². The third-order valence-corrected chi connectivity index (χ3v) is 3.91. The molecular formula is C18H21N5O2. The van der Waals surface area contributed by atoms with E-state index in [-0.39, 0.29) is 18.0 Å². The number of aryl methyl sites for hydroxylation is 3. The molecule has 0 radical (unpaired) electrons. The Morgan fingerprint density at radius 2 is 1.92 bits per heavy atom. The van der Waals surface area contributed by atoms with Crippen molar-refractivity contribution in [2.24, 2.45) is 0 Å². The Bertz CT molecular complexity index is 923. The fraction of sp³-hybridized carbons (Fsp3) is 0.333. The van der Waals surface area contributed by atoms with Crippen LogP contribution in [0.5, 0.6) is 0 Å². The first-order valence-corrected chi connectivity index (χ1v) is 8.14. The van der Waals surface area contributed by atoms with Gasteiger partial charge in [-0.25, -0.2) is 0 Å². The van der Waals surface area contributed by atoms with E-state index in [9.17, 15) is 4.79 Å². The predicted octanol–water partition coefficient (Wildman–Crippen LogP) is 3.69. The minimum Gasteiger partial charge on any atom is -0.403 e. The molecule has 1 N–H and O–H groups in total. The zero-order valence-corrected chi connectivity index (χ0v) is 15.0. The summed E-state index contributed by atoms with van der Waals surface area (Å²) in [6, 6.07) is 7.96. The minimum atomic E-state index is -0.376. The summed E-state index contributed by atoms with van der Waals surface area (Å²) in [6.07, 6.45) is 0. The van der Waals surface area contributed by atoms with Crippen LogP contribution in [0.25, 0.3) is 11.5 Å². The van der Waals surface area contributed by atoms with Crippen molar-refractivity contribution in [2.75, 3.05) is 5.32 Å². The largest absolute Gasteiger partial charge is 0.403 e. The van der Waals surface area contributed by atoms with Crippen molar-refractivity contribution in [2.45, 2.75) is 40.7 Å². The summed E-state index contributed by atoms with van der Waals surface area (Å²) >= 11 is 0. The van der Waals surface area contributed by atoms with Crippen LogP contribution in [0.3, 0.4) is 0 Å². The first kappa shape index (κ1) is 16.9. The Morgan fingerprint density at radius 3 is 2.60 bits per heavy atom. The lowest BCUT2D eigenvalue weighted by Gasteiger charge is -2.06. The van der Waals surface area contributed by atoms with Gasteiger partial charge in [0.1, 0.15) is 0 Å². The number of carbonyl (C=O) groups is 1. The summed E-state index contributed by atoms with van der Waals surface area (Å²) in [4.78, 5) is 12.4. The molecule has 0 bridgehead atoms. The zero-order valence-electron chi connectivity index (χ0n) is 15.0. The molecule has 3 aromatic rings. The molecule has 0 aliphatic carbocycles. The Morgan fingerprint density at radius 1 is 1.16 bits per heavy atom. The van der Waals surface area contributed by atoms with Crippen molar-refractivity contribution >= 4 is 11.9 Å². The average Bonchev–Trinajstić information content (AvgIpc) is 3.16. The fourth-order valence-corrected chi connectivity index (χ4v) is 2.63. The van der Waals surface area contributed by atoms with Gasteiger partial charge < -0.3 is 4.42 Å². The molecule has 7 heteroatoms. The topological polar surface area (TPSA) is 85.8 Å². The molecule has 7 nitrogen and oxygen atoms in total. The van der Waals surface area contributed by atoms with E-state index in [4.69, 9.17) is 4.42 Å². The highest BCUT2D eigenvalue weighted by atomic mass is 16.4. The van der Waals surface area contributed by atoms with Crippen molar-refractivity contribution in [3.63, 3.8) is 0 Å². The number of nitrogens with one attached hydrogen (secondary N) is 1. The number of carbonyl (C=O) groups excluding carboxylic acids is 1. The lowest BCUT2D eigenvalue weighted by atomic mass is 10.1. The molecule has 2 aromatic heterocycles. The Balaban J connectivity index is 1.80. The van der Waals surface area contributed by atoms with Crippen molar-refractivity contribution in [3.8, 4) is 11.5 Å². The highest BCUT2D eigenvalue weighted by Gasteiger charge is 2.17. The number of nitrogens with zero attached hydrogens (tertiary/aromatic N) is 4. The van der Waals surface area contributed by atoms with Crippen LogP contribution >= 0.6 is 0 Å². The maximum Gasteiger partial charge on any atom is 0.322 e. The Labute approximate surface area is 146 Å². The number of hydrogen-bond acceptors (Lipinski definition) is 5. The maximum absolute atomic E-state index is 12.4. The second-order valence-corrected chi connectivity index (χ2v) is 6.39. The molecule has 0 fully saturated rings. The molecule has 1 amide bonds. The van der Waals surface area contributed by atoms with Crippen molar-refractivity contribution < 1.29 is 9.21 Å². The number of benzene rings is 1. The van der Waals surface area contributed by atoms with Crippen LogP contribution in [0.4, 0.5) is 6.01 Å². The molecular weight excluding hydrogens is 318 g/mol. The third-order valence-electron chi connectivity index (χ3n) is 3.91. The van der Waals surface area contributed by atoms with E-state index in [0.29, 0.717) is 11.6 Å². The molecule has 25 heavy (non-hydrogen) atoms. The highest BCUT2D eigenvalue weighted by molar-refractivity contribution is 6.01. The average molecular weight is 339 g/mol. The molecule has 2 heterocycles. The fourth-order valence-electron chi connectivity index (χ4n) is 2.63. The normalized spacial score (nSPS) is 11.1. The number of rotatable bonds is 4. The molecule has 0 saturated carbocycles. The van der Waals surface area contributed by atoms with Crippen molar-refractivity contribution in [1.29, 1.82) is 0 Å². The molecule has 1 aromatic carbocycles. The summed E-state index contributed by atoms with van der Waals surface area (Å²) in [6.45, 7) is 9.90. The predicted molar refractivity (Wildman–Crippen MR) is 94.5 cm³/mol. The smallest absolute Gasteiger partial charge is 0.322 e.